The highest BCUT2D eigenvalue weighted by molar-refractivity contribution is 5.70. The fourth-order valence-corrected chi connectivity index (χ4v) is 5.72. The molecule has 4 nitrogen and oxygen atoms in total. The number of fused-ring (bicyclic) bond motifs is 2. The number of carbonyl (C=O) groups is 1. The van der Waals surface area contributed by atoms with E-state index < -0.39 is 5.60 Å². The summed E-state index contributed by atoms with van der Waals surface area (Å²) in [6.45, 7) is 9.04. The Morgan fingerprint density at radius 2 is 1.58 bits per heavy atom. The number of rotatable bonds is 5. The minimum Gasteiger partial charge on any atom is -0.444 e. The van der Waals surface area contributed by atoms with Crippen LogP contribution in [-0.2, 0) is 11.3 Å². The van der Waals surface area contributed by atoms with Crippen LogP contribution in [0, 0.1) is 11.8 Å². The Morgan fingerprint density at radius 1 is 0.968 bits per heavy atom. The van der Waals surface area contributed by atoms with Gasteiger partial charge in [0.25, 0.3) is 0 Å². The van der Waals surface area contributed by atoms with Crippen molar-refractivity contribution in [3.63, 3.8) is 0 Å². The standard InChI is InChI=1S/C27H34N2O2/c1-27(2,3)31-26(30)29(24-15-23(24)20-12-8-5-9-13-20)25-21-14-22(25)18-28(17-21)16-19-10-6-4-7-11-19/h4-13,21-25H,14-18H2,1-3H3/t21-,22+,23-,24+,25?/m0/s1. The van der Waals surface area contributed by atoms with Gasteiger partial charge in [-0.3, -0.25) is 4.90 Å². The molecule has 2 saturated heterocycles. The number of hydrogen-bond donors (Lipinski definition) is 0. The molecule has 0 aromatic heterocycles. The van der Waals surface area contributed by atoms with E-state index >= 15 is 0 Å². The molecule has 4 fully saturated rings. The average molecular weight is 419 g/mol. The van der Waals surface area contributed by atoms with Crippen LogP contribution in [0.25, 0.3) is 0 Å². The average Bonchev–Trinajstić information content (AvgIpc) is 3.52. The van der Waals surface area contributed by atoms with Gasteiger partial charge in [-0.2, -0.15) is 0 Å². The largest absolute Gasteiger partial charge is 0.444 e. The van der Waals surface area contributed by atoms with Crippen molar-refractivity contribution in [3.8, 4) is 0 Å². The number of amides is 1. The quantitative estimate of drug-likeness (QED) is 0.660. The third-order valence-corrected chi connectivity index (χ3v) is 7.07. The van der Waals surface area contributed by atoms with Gasteiger partial charge in [-0.15, -0.1) is 0 Å². The van der Waals surface area contributed by atoms with Gasteiger partial charge in [0.05, 0.1) is 0 Å². The molecule has 2 aliphatic heterocycles. The van der Waals surface area contributed by atoms with Crippen molar-refractivity contribution in [2.75, 3.05) is 13.1 Å². The summed E-state index contributed by atoms with van der Waals surface area (Å²) in [5, 5.41) is 0. The lowest BCUT2D eigenvalue weighted by molar-refractivity contribution is -0.0851. The van der Waals surface area contributed by atoms with E-state index in [-0.39, 0.29) is 12.1 Å². The van der Waals surface area contributed by atoms with E-state index in [1.165, 1.54) is 17.5 Å². The van der Waals surface area contributed by atoms with Crippen LogP contribution in [-0.4, -0.2) is 46.7 Å². The minimum atomic E-state index is -0.468. The summed E-state index contributed by atoms with van der Waals surface area (Å²) >= 11 is 0. The predicted molar refractivity (Wildman–Crippen MR) is 123 cm³/mol. The number of benzene rings is 2. The van der Waals surface area contributed by atoms with Crippen molar-refractivity contribution in [3.05, 3.63) is 71.8 Å². The van der Waals surface area contributed by atoms with E-state index in [0.29, 0.717) is 23.8 Å². The summed E-state index contributed by atoms with van der Waals surface area (Å²) in [4.78, 5) is 18.1. The van der Waals surface area contributed by atoms with Crippen LogP contribution < -0.4 is 0 Å². The van der Waals surface area contributed by atoms with E-state index in [9.17, 15) is 4.79 Å². The Balaban J connectivity index is 1.31. The van der Waals surface area contributed by atoms with Crippen molar-refractivity contribution < 1.29 is 9.53 Å². The summed E-state index contributed by atoms with van der Waals surface area (Å²) in [5.41, 5.74) is 2.25. The molecule has 164 valence electrons. The molecule has 5 atom stereocenters. The number of hydrogen-bond acceptors (Lipinski definition) is 3. The molecule has 4 heteroatoms. The van der Waals surface area contributed by atoms with Gasteiger partial charge in [-0.25, -0.2) is 4.79 Å². The minimum absolute atomic E-state index is 0.118. The first-order valence-electron chi connectivity index (χ1n) is 11.7. The second kappa shape index (κ2) is 7.98. The van der Waals surface area contributed by atoms with E-state index in [4.69, 9.17) is 4.74 Å². The number of carbonyl (C=O) groups excluding carboxylic acids is 1. The van der Waals surface area contributed by atoms with Crippen LogP contribution >= 0.6 is 0 Å². The van der Waals surface area contributed by atoms with Crippen molar-refractivity contribution in [2.24, 2.45) is 11.8 Å². The van der Waals surface area contributed by atoms with Crippen molar-refractivity contribution in [1.82, 2.24) is 9.80 Å². The van der Waals surface area contributed by atoms with E-state index in [1.807, 2.05) is 20.8 Å². The van der Waals surface area contributed by atoms with Gasteiger partial charge in [0, 0.05) is 37.6 Å². The second-order valence-corrected chi connectivity index (χ2v) is 10.6. The summed E-state index contributed by atoms with van der Waals surface area (Å²) in [7, 11) is 0. The van der Waals surface area contributed by atoms with Crippen LogP contribution in [0.4, 0.5) is 4.79 Å². The van der Waals surface area contributed by atoms with Crippen LogP contribution in [0.2, 0.25) is 0 Å². The SMILES string of the molecule is CC(C)(C)OC(=O)N(C1[C@@H]2C[C@H]1CN(Cc1ccccc1)C2)[C@@H]1C[C@H]1c1ccccc1. The molecular formula is C27H34N2O2. The smallest absolute Gasteiger partial charge is 0.410 e. The second-order valence-electron chi connectivity index (χ2n) is 10.6. The number of ether oxygens (including phenoxy) is 1. The molecule has 6 rings (SSSR count). The molecule has 0 spiro atoms. The van der Waals surface area contributed by atoms with Crippen LogP contribution in [0.1, 0.15) is 50.7 Å². The molecule has 2 aromatic rings. The number of piperidine rings is 2. The van der Waals surface area contributed by atoms with E-state index in [1.54, 1.807) is 0 Å². The molecule has 31 heavy (non-hydrogen) atoms. The van der Waals surface area contributed by atoms with E-state index in [0.717, 1.165) is 26.1 Å². The highest BCUT2D eigenvalue weighted by Crippen LogP contribution is 2.52. The Morgan fingerprint density at radius 3 is 2.19 bits per heavy atom. The van der Waals surface area contributed by atoms with Gasteiger partial charge in [0.15, 0.2) is 0 Å². The maximum Gasteiger partial charge on any atom is 0.410 e. The third kappa shape index (κ3) is 4.36. The molecule has 4 aliphatic rings. The molecule has 2 bridgehead atoms. The fraction of sp³-hybridized carbons (Fsp3) is 0.519. The molecule has 2 aliphatic carbocycles. The Hall–Kier alpha value is -2.33. The first-order chi connectivity index (χ1) is 14.9. The monoisotopic (exact) mass is 418 g/mol. The highest BCUT2D eigenvalue weighted by Gasteiger charge is 2.57. The molecular weight excluding hydrogens is 384 g/mol. The Bertz CT molecular complexity index is 896. The van der Waals surface area contributed by atoms with Crippen LogP contribution in [0.15, 0.2) is 60.7 Å². The summed E-state index contributed by atoms with van der Waals surface area (Å²) in [6, 6.07) is 22.0. The number of nitrogens with zero attached hydrogens (tertiary/aromatic N) is 2. The molecule has 1 unspecified atom stereocenters. The zero-order valence-corrected chi connectivity index (χ0v) is 18.9. The normalized spacial score (nSPS) is 29.7. The Labute approximate surface area is 186 Å². The lowest BCUT2D eigenvalue weighted by Crippen LogP contribution is -2.66. The van der Waals surface area contributed by atoms with Gasteiger partial charge in [0.2, 0.25) is 0 Å². The molecule has 0 radical (unpaired) electrons. The van der Waals surface area contributed by atoms with Gasteiger partial charge in [-0.1, -0.05) is 60.7 Å². The Kier molecular flexibility index (Phi) is 5.29. The van der Waals surface area contributed by atoms with Gasteiger partial charge in [-0.05, 0) is 56.6 Å². The molecule has 2 aromatic carbocycles. The summed E-state index contributed by atoms with van der Waals surface area (Å²) in [6.07, 6.45) is 2.16. The van der Waals surface area contributed by atoms with Crippen molar-refractivity contribution in [2.45, 2.75) is 63.8 Å². The maximum absolute atomic E-state index is 13.3. The third-order valence-electron chi connectivity index (χ3n) is 7.07. The zero-order chi connectivity index (χ0) is 21.6. The lowest BCUT2D eigenvalue weighted by Gasteiger charge is -2.57. The highest BCUT2D eigenvalue weighted by atomic mass is 16.6. The molecule has 2 heterocycles. The fourth-order valence-electron chi connectivity index (χ4n) is 5.72. The molecule has 1 amide bonds. The van der Waals surface area contributed by atoms with Gasteiger partial charge < -0.3 is 9.64 Å². The van der Waals surface area contributed by atoms with Crippen molar-refractivity contribution in [1.29, 1.82) is 0 Å². The predicted octanol–water partition coefficient (Wildman–Crippen LogP) is 5.30. The van der Waals surface area contributed by atoms with E-state index in [2.05, 4.69) is 70.5 Å². The molecule has 0 N–H and O–H groups in total. The zero-order valence-electron chi connectivity index (χ0n) is 18.9. The van der Waals surface area contributed by atoms with Crippen molar-refractivity contribution >= 4 is 6.09 Å². The first-order valence-corrected chi connectivity index (χ1v) is 11.7. The van der Waals surface area contributed by atoms with Gasteiger partial charge >= 0.3 is 6.09 Å². The molecule has 2 saturated carbocycles. The lowest BCUT2D eigenvalue weighted by atomic mass is 9.65. The van der Waals surface area contributed by atoms with Crippen LogP contribution in [0.5, 0.6) is 0 Å². The summed E-state index contributed by atoms with van der Waals surface area (Å²) < 4.78 is 5.90. The maximum atomic E-state index is 13.3. The van der Waals surface area contributed by atoms with Crippen LogP contribution in [0.3, 0.4) is 0 Å². The van der Waals surface area contributed by atoms with Gasteiger partial charge in [0.1, 0.15) is 5.60 Å². The topological polar surface area (TPSA) is 32.8 Å². The summed E-state index contributed by atoms with van der Waals surface area (Å²) in [5.74, 6) is 1.54. The first kappa shape index (κ1) is 20.6.